The smallest absolute Gasteiger partial charge is 0.254 e. The Hall–Kier alpha value is -0.870. The quantitative estimate of drug-likeness (QED) is 0.899. The molecule has 2 unspecified atom stereocenters. The molecule has 1 aromatic rings. The molecular weight excluding hydrogens is 316 g/mol. The first-order valence-electron chi connectivity index (χ1n) is 7.47. The van der Waals surface area contributed by atoms with Crippen molar-refractivity contribution in [2.45, 2.75) is 44.7 Å². The zero-order valence-corrected chi connectivity index (χ0v) is 13.4. The van der Waals surface area contributed by atoms with Gasteiger partial charge in [0.25, 0.3) is 5.91 Å². The minimum atomic E-state index is 0.200. The molecular formula is C16H21BrN2O. The molecule has 0 spiro atoms. The van der Waals surface area contributed by atoms with Gasteiger partial charge in [0.2, 0.25) is 0 Å². The zero-order valence-electron chi connectivity index (χ0n) is 11.9. The van der Waals surface area contributed by atoms with Crippen molar-refractivity contribution < 1.29 is 4.79 Å². The lowest BCUT2D eigenvalue weighted by molar-refractivity contribution is 0.0710. The Bertz CT molecular complexity index is 511. The predicted molar refractivity (Wildman–Crippen MR) is 84.0 cm³/mol. The molecule has 0 aromatic heterocycles. The van der Waals surface area contributed by atoms with Crippen molar-refractivity contribution in [1.29, 1.82) is 0 Å². The van der Waals surface area contributed by atoms with Crippen molar-refractivity contribution in [2.75, 3.05) is 13.1 Å². The topological polar surface area (TPSA) is 32.3 Å². The predicted octanol–water partition coefficient (Wildman–Crippen LogP) is 3.11. The maximum atomic E-state index is 12.8. The van der Waals surface area contributed by atoms with Crippen molar-refractivity contribution in [2.24, 2.45) is 0 Å². The molecule has 1 aromatic carbocycles. The Labute approximate surface area is 128 Å². The van der Waals surface area contributed by atoms with E-state index in [9.17, 15) is 4.79 Å². The average Bonchev–Trinajstić information content (AvgIpc) is 3.09. The van der Waals surface area contributed by atoms with E-state index >= 15 is 0 Å². The molecule has 2 fully saturated rings. The molecule has 2 aliphatic heterocycles. The fourth-order valence-electron chi connectivity index (χ4n) is 3.52. The van der Waals surface area contributed by atoms with Crippen LogP contribution in [0.2, 0.25) is 0 Å². The maximum Gasteiger partial charge on any atom is 0.254 e. The summed E-state index contributed by atoms with van der Waals surface area (Å²) in [5, 5.41) is 3.56. The molecule has 20 heavy (non-hydrogen) atoms. The molecule has 0 aliphatic carbocycles. The standard InChI is InChI=1S/C16H21BrN2O/c1-11-10-12(17)6-7-13(11)16(20)19-9-3-5-15(19)14-4-2-8-18-14/h6-7,10,14-15,18H,2-5,8-9H2,1H3. The van der Waals surface area contributed by atoms with Gasteiger partial charge >= 0.3 is 0 Å². The SMILES string of the molecule is Cc1cc(Br)ccc1C(=O)N1CCCC1C1CCCN1. The molecule has 1 N–H and O–H groups in total. The molecule has 2 heterocycles. The van der Waals surface area contributed by atoms with Crippen LogP contribution in [0.5, 0.6) is 0 Å². The van der Waals surface area contributed by atoms with Crippen LogP contribution in [0.4, 0.5) is 0 Å². The van der Waals surface area contributed by atoms with Crippen LogP contribution in [0.1, 0.15) is 41.6 Å². The van der Waals surface area contributed by atoms with Crippen LogP contribution >= 0.6 is 15.9 Å². The second-order valence-electron chi connectivity index (χ2n) is 5.87. The number of hydrogen-bond acceptors (Lipinski definition) is 2. The highest BCUT2D eigenvalue weighted by Gasteiger charge is 2.36. The van der Waals surface area contributed by atoms with Gasteiger partial charge in [-0.05, 0) is 62.9 Å². The lowest BCUT2D eigenvalue weighted by Crippen LogP contribution is -2.46. The number of aryl methyl sites for hydroxylation is 1. The first kappa shape index (κ1) is 14.1. The summed E-state index contributed by atoms with van der Waals surface area (Å²) in [6.45, 7) is 4.01. The Morgan fingerprint density at radius 2 is 2.20 bits per heavy atom. The van der Waals surface area contributed by atoms with Gasteiger partial charge in [0.15, 0.2) is 0 Å². The number of nitrogens with zero attached hydrogens (tertiary/aromatic N) is 1. The number of carbonyl (C=O) groups excluding carboxylic acids is 1. The molecule has 2 atom stereocenters. The first-order chi connectivity index (χ1) is 9.66. The zero-order chi connectivity index (χ0) is 14.1. The van der Waals surface area contributed by atoms with Gasteiger partial charge in [-0.3, -0.25) is 4.79 Å². The highest BCUT2D eigenvalue weighted by molar-refractivity contribution is 9.10. The van der Waals surface area contributed by atoms with Gasteiger partial charge in [-0.1, -0.05) is 15.9 Å². The molecule has 0 bridgehead atoms. The van der Waals surface area contributed by atoms with E-state index in [4.69, 9.17) is 0 Å². The van der Waals surface area contributed by atoms with Crippen LogP contribution in [-0.4, -0.2) is 36.0 Å². The molecule has 1 amide bonds. The summed E-state index contributed by atoms with van der Waals surface area (Å²) >= 11 is 3.46. The van der Waals surface area contributed by atoms with E-state index in [2.05, 4.69) is 26.1 Å². The highest BCUT2D eigenvalue weighted by atomic mass is 79.9. The molecule has 3 nitrogen and oxygen atoms in total. The number of amides is 1. The van der Waals surface area contributed by atoms with Gasteiger partial charge < -0.3 is 10.2 Å². The minimum absolute atomic E-state index is 0.200. The van der Waals surface area contributed by atoms with Crippen molar-refractivity contribution in [3.8, 4) is 0 Å². The van der Waals surface area contributed by atoms with Crippen LogP contribution in [0.15, 0.2) is 22.7 Å². The third-order valence-corrected chi connectivity index (χ3v) is 5.04. The minimum Gasteiger partial charge on any atom is -0.334 e. The van der Waals surface area contributed by atoms with Gasteiger partial charge in [0.05, 0.1) is 0 Å². The number of carbonyl (C=O) groups is 1. The second-order valence-corrected chi connectivity index (χ2v) is 6.79. The van der Waals surface area contributed by atoms with Gasteiger partial charge in [-0.15, -0.1) is 0 Å². The van der Waals surface area contributed by atoms with Gasteiger partial charge in [0.1, 0.15) is 0 Å². The Morgan fingerprint density at radius 3 is 2.90 bits per heavy atom. The fourth-order valence-corrected chi connectivity index (χ4v) is 4.00. The number of halogens is 1. The summed E-state index contributed by atoms with van der Waals surface area (Å²) in [6, 6.07) is 6.80. The summed E-state index contributed by atoms with van der Waals surface area (Å²) in [5.41, 5.74) is 1.90. The van der Waals surface area contributed by atoms with Crippen LogP contribution in [-0.2, 0) is 0 Å². The molecule has 108 valence electrons. The Morgan fingerprint density at radius 1 is 1.35 bits per heavy atom. The summed E-state index contributed by atoms with van der Waals surface area (Å²) in [4.78, 5) is 14.9. The monoisotopic (exact) mass is 336 g/mol. The normalized spacial score (nSPS) is 26.2. The number of benzene rings is 1. The van der Waals surface area contributed by atoms with Crippen LogP contribution in [0, 0.1) is 6.92 Å². The Kier molecular flexibility index (Phi) is 4.13. The summed E-state index contributed by atoms with van der Waals surface area (Å²) < 4.78 is 1.03. The van der Waals surface area contributed by atoms with Gasteiger partial charge in [-0.2, -0.15) is 0 Å². The number of nitrogens with one attached hydrogen (secondary N) is 1. The Balaban J connectivity index is 1.81. The van der Waals surface area contributed by atoms with Crippen molar-refractivity contribution in [1.82, 2.24) is 10.2 Å². The van der Waals surface area contributed by atoms with Gasteiger partial charge in [-0.25, -0.2) is 0 Å². The van der Waals surface area contributed by atoms with Crippen LogP contribution < -0.4 is 5.32 Å². The highest BCUT2D eigenvalue weighted by Crippen LogP contribution is 2.27. The van der Waals surface area contributed by atoms with Crippen molar-refractivity contribution in [3.63, 3.8) is 0 Å². The van der Waals surface area contributed by atoms with E-state index in [1.807, 2.05) is 25.1 Å². The van der Waals surface area contributed by atoms with E-state index in [1.165, 1.54) is 12.8 Å². The first-order valence-corrected chi connectivity index (χ1v) is 8.26. The maximum absolute atomic E-state index is 12.8. The molecule has 0 saturated carbocycles. The molecule has 2 aliphatic rings. The largest absolute Gasteiger partial charge is 0.334 e. The van der Waals surface area contributed by atoms with Crippen molar-refractivity contribution >= 4 is 21.8 Å². The van der Waals surface area contributed by atoms with Gasteiger partial charge in [0, 0.05) is 28.7 Å². The number of likely N-dealkylation sites (tertiary alicyclic amines) is 1. The molecule has 4 heteroatoms. The summed E-state index contributed by atoms with van der Waals surface area (Å²) in [5.74, 6) is 0.200. The number of hydrogen-bond donors (Lipinski definition) is 1. The average molecular weight is 337 g/mol. The third-order valence-electron chi connectivity index (χ3n) is 4.54. The lowest BCUT2D eigenvalue weighted by Gasteiger charge is -2.30. The number of rotatable bonds is 2. The van der Waals surface area contributed by atoms with E-state index in [0.29, 0.717) is 12.1 Å². The summed E-state index contributed by atoms with van der Waals surface area (Å²) in [7, 11) is 0. The second kappa shape index (κ2) is 5.86. The van der Waals surface area contributed by atoms with Crippen molar-refractivity contribution in [3.05, 3.63) is 33.8 Å². The third kappa shape index (κ3) is 2.63. The fraction of sp³-hybridized carbons (Fsp3) is 0.562. The molecule has 3 rings (SSSR count). The lowest BCUT2D eigenvalue weighted by atomic mass is 10.0. The van der Waals surface area contributed by atoms with E-state index in [-0.39, 0.29) is 5.91 Å². The van der Waals surface area contributed by atoms with Crippen LogP contribution in [0.3, 0.4) is 0 Å². The van der Waals surface area contributed by atoms with E-state index < -0.39 is 0 Å². The molecule has 0 radical (unpaired) electrons. The van der Waals surface area contributed by atoms with E-state index in [0.717, 1.165) is 41.5 Å². The summed E-state index contributed by atoms with van der Waals surface area (Å²) in [6.07, 6.45) is 4.71. The molecule has 2 saturated heterocycles. The van der Waals surface area contributed by atoms with E-state index in [1.54, 1.807) is 0 Å². The van der Waals surface area contributed by atoms with Crippen LogP contribution in [0.25, 0.3) is 0 Å².